The van der Waals surface area contributed by atoms with Gasteiger partial charge in [-0.1, -0.05) is 15.9 Å². The molecular weight excluding hydrogens is 353 g/mol. The van der Waals surface area contributed by atoms with Crippen LogP contribution in [-0.4, -0.2) is 25.3 Å². The third kappa shape index (κ3) is 3.92. The molecule has 2 aromatic rings. The number of ketones is 1. The summed E-state index contributed by atoms with van der Waals surface area (Å²) in [5.41, 5.74) is 0.659. The molecule has 0 unspecified atom stereocenters. The third-order valence-electron chi connectivity index (χ3n) is 2.98. The summed E-state index contributed by atoms with van der Waals surface area (Å²) in [4.78, 5) is 24.1. The fourth-order valence-corrected chi connectivity index (χ4v) is 2.21. The van der Waals surface area contributed by atoms with Gasteiger partial charge >= 0.3 is 0 Å². The van der Waals surface area contributed by atoms with Crippen LogP contribution in [0.1, 0.15) is 20.7 Å². The SMILES string of the molecule is COc1ccc(Br)cc1C(=O)NCC(=O)c1ccc(F)cc1. The topological polar surface area (TPSA) is 55.4 Å². The van der Waals surface area contributed by atoms with Gasteiger partial charge in [-0.2, -0.15) is 0 Å². The predicted molar refractivity (Wildman–Crippen MR) is 83.8 cm³/mol. The van der Waals surface area contributed by atoms with Crippen molar-refractivity contribution in [1.82, 2.24) is 5.32 Å². The average Bonchev–Trinajstić information content (AvgIpc) is 2.53. The van der Waals surface area contributed by atoms with Crippen LogP contribution in [-0.2, 0) is 0 Å². The van der Waals surface area contributed by atoms with E-state index in [9.17, 15) is 14.0 Å². The number of Topliss-reactive ketones (excluding diaryl/α,β-unsaturated/α-hetero) is 1. The zero-order valence-corrected chi connectivity index (χ0v) is 13.3. The van der Waals surface area contributed by atoms with Gasteiger partial charge in [-0.05, 0) is 42.5 Å². The van der Waals surface area contributed by atoms with Gasteiger partial charge in [-0.3, -0.25) is 9.59 Å². The van der Waals surface area contributed by atoms with Crippen molar-refractivity contribution in [1.29, 1.82) is 0 Å². The van der Waals surface area contributed by atoms with E-state index in [0.717, 1.165) is 4.47 Å². The lowest BCUT2D eigenvalue weighted by Crippen LogP contribution is -2.29. The summed E-state index contributed by atoms with van der Waals surface area (Å²) in [6, 6.07) is 10.2. The molecule has 0 heterocycles. The highest BCUT2D eigenvalue weighted by Gasteiger charge is 2.14. The van der Waals surface area contributed by atoms with Gasteiger partial charge < -0.3 is 10.1 Å². The second kappa shape index (κ2) is 7.17. The molecule has 4 nitrogen and oxygen atoms in total. The highest BCUT2D eigenvalue weighted by atomic mass is 79.9. The standard InChI is InChI=1S/C16H13BrFNO3/c1-22-15-7-4-11(17)8-13(15)16(21)19-9-14(20)10-2-5-12(18)6-3-10/h2-8H,9H2,1H3,(H,19,21). The molecule has 0 saturated heterocycles. The van der Waals surface area contributed by atoms with Gasteiger partial charge in [-0.25, -0.2) is 4.39 Å². The van der Waals surface area contributed by atoms with Crippen LogP contribution in [0.3, 0.4) is 0 Å². The zero-order valence-electron chi connectivity index (χ0n) is 11.7. The molecule has 114 valence electrons. The van der Waals surface area contributed by atoms with Crippen molar-refractivity contribution in [3.05, 3.63) is 63.9 Å². The Morgan fingerprint density at radius 1 is 1.18 bits per heavy atom. The Morgan fingerprint density at radius 3 is 2.50 bits per heavy atom. The first-order valence-corrected chi connectivity index (χ1v) is 7.21. The van der Waals surface area contributed by atoms with Crippen LogP contribution in [0.5, 0.6) is 5.75 Å². The summed E-state index contributed by atoms with van der Waals surface area (Å²) < 4.78 is 18.7. The molecule has 0 spiro atoms. The zero-order chi connectivity index (χ0) is 16.1. The Morgan fingerprint density at radius 2 is 1.86 bits per heavy atom. The summed E-state index contributed by atoms with van der Waals surface area (Å²) in [6.45, 7) is -0.180. The molecule has 1 N–H and O–H groups in total. The molecule has 0 radical (unpaired) electrons. The van der Waals surface area contributed by atoms with Crippen molar-refractivity contribution < 1.29 is 18.7 Å². The van der Waals surface area contributed by atoms with Crippen LogP contribution in [0.25, 0.3) is 0 Å². The molecule has 2 rings (SSSR count). The van der Waals surface area contributed by atoms with E-state index in [0.29, 0.717) is 16.9 Å². The van der Waals surface area contributed by atoms with E-state index in [1.165, 1.54) is 31.4 Å². The first kappa shape index (κ1) is 16.2. The minimum Gasteiger partial charge on any atom is -0.496 e. The highest BCUT2D eigenvalue weighted by molar-refractivity contribution is 9.10. The molecule has 0 aliphatic heterocycles. The van der Waals surface area contributed by atoms with E-state index in [1.54, 1.807) is 18.2 Å². The molecule has 6 heteroatoms. The Balaban J connectivity index is 2.05. The van der Waals surface area contributed by atoms with Gasteiger partial charge in [0.05, 0.1) is 19.2 Å². The minimum atomic E-state index is -0.423. The number of ether oxygens (including phenoxy) is 1. The van der Waals surface area contributed by atoms with Crippen LogP contribution in [0.15, 0.2) is 46.9 Å². The second-order valence-electron chi connectivity index (χ2n) is 4.46. The Bertz CT molecular complexity index is 701. The lowest BCUT2D eigenvalue weighted by Gasteiger charge is -2.09. The molecule has 0 aromatic heterocycles. The Kier molecular flexibility index (Phi) is 5.27. The summed E-state index contributed by atoms with van der Waals surface area (Å²) in [7, 11) is 1.46. The van der Waals surface area contributed by atoms with Crippen molar-refractivity contribution in [2.24, 2.45) is 0 Å². The van der Waals surface area contributed by atoms with Crippen molar-refractivity contribution in [3.63, 3.8) is 0 Å². The van der Waals surface area contributed by atoms with Crippen LogP contribution in [0, 0.1) is 5.82 Å². The van der Waals surface area contributed by atoms with Crippen molar-refractivity contribution in [2.45, 2.75) is 0 Å². The molecule has 2 aromatic carbocycles. The molecule has 22 heavy (non-hydrogen) atoms. The molecule has 0 bridgehead atoms. The maximum atomic E-state index is 12.8. The Hall–Kier alpha value is -2.21. The van der Waals surface area contributed by atoms with Crippen LogP contribution < -0.4 is 10.1 Å². The van der Waals surface area contributed by atoms with Gasteiger partial charge in [0, 0.05) is 10.0 Å². The molecule has 0 aliphatic carbocycles. The lowest BCUT2D eigenvalue weighted by atomic mass is 10.1. The number of nitrogens with one attached hydrogen (secondary N) is 1. The minimum absolute atomic E-state index is 0.180. The molecule has 0 aliphatic rings. The van der Waals surface area contributed by atoms with Crippen molar-refractivity contribution in [2.75, 3.05) is 13.7 Å². The first-order valence-electron chi connectivity index (χ1n) is 6.42. The maximum Gasteiger partial charge on any atom is 0.255 e. The third-order valence-corrected chi connectivity index (χ3v) is 3.48. The van der Waals surface area contributed by atoms with Gasteiger partial charge in [0.25, 0.3) is 5.91 Å². The van der Waals surface area contributed by atoms with Gasteiger partial charge in [0.1, 0.15) is 11.6 Å². The van der Waals surface area contributed by atoms with E-state index in [4.69, 9.17) is 4.74 Å². The number of hydrogen-bond donors (Lipinski definition) is 1. The smallest absolute Gasteiger partial charge is 0.255 e. The van der Waals surface area contributed by atoms with E-state index < -0.39 is 11.7 Å². The number of benzene rings is 2. The van der Waals surface area contributed by atoms with Gasteiger partial charge in [0.15, 0.2) is 5.78 Å². The normalized spacial score (nSPS) is 10.1. The predicted octanol–water partition coefficient (Wildman–Crippen LogP) is 3.21. The molecule has 0 fully saturated rings. The molecule has 1 amide bonds. The quantitative estimate of drug-likeness (QED) is 0.827. The van der Waals surface area contributed by atoms with E-state index >= 15 is 0 Å². The van der Waals surface area contributed by atoms with Crippen LogP contribution in [0.4, 0.5) is 4.39 Å². The molecule has 0 atom stereocenters. The van der Waals surface area contributed by atoms with Gasteiger partial charge in [0.2, 0.25) is 0 Å². The monoisotopic (exact) mass is 365 g/mol. The summed E-state index contributed by atoms with van der Waals surface area (Å²) in [5.74, 6) is -0.731. The van der Waals surface area contributed by atoms with E-state index in [-0.39, 0.29) is 12.3 Å². The van der Waals surface area contributed by atoms with Crippen molar-refractivity contribution in [3.8, 4) is 5.75 Å². The second-order valence-corrected chi connectivity index (χ2v) is 5.37. The number of halogens is 2. The molecular formula is C16H13BrFNO3. The first-order chi connectivity index (χ1) is 10.5. The van der Waals surface area contributed by atoms with Crippen molar-refractivity contribution >= 4 is 27.6 Å². The van der Waals surface area contributed by atoms with E-state index in [1.807, 2.05) is 0 Å². The Labute approximate surface area is 135 Å². The summed E-state index contributed by atoms with van der Waals surface area (Å²) in [5, 5.41) is 2.53. The summed E-state index contributed by atoms with van der Waals surface area (Å²) >= 11 is 3.28. The number of rotatable bonds is 5. The largest absolute Gasteiger partial charge is 0.496 e. The fourth-order valence-electron chi connectivity index (χ4n) is 1.85. The van der Waals surface area contributed by atoms with Crippen LogP contribution in [0.2, 0.25) is 0 Å². The fraction of sp³-hybridized carbons (Fsp3) is 0.125. The molecule has 0 saturated carbocycles. The number of carbonyl (C=O) groups excluding carboxylic acids is 2. The average molecular weight is 366 g/mol. The highest BCUT2D eigenvalue weighted by Crippen LogP contribution is 2.22. The number of hydrogen-bond acceptors (Lipinski definition) is 3. The van der Waals surface area contributed by atoms with Crippen LogP contribution >= 0.6 is 15.9 Å². The lowest BCUT2D eigenvalue weighted by molar-refractivity contribution is 0.0902. The summed E-state index contributed by atoms with van der Waals surface area (Å²) in [6.07, 6.45) is 0. The van der Waals surface area contributed by atoms with Gasteiger partial charge in [-0.15, -0.1) is 0 Å². The maximum absolute atomic E-state index is 12.8. The number of methoxy groups -OCH3 is 1. The number of amides is 1. The van der Waals surface area contributed by atoms with E-state index in [2.05, 4.69) is 21.2 Å². The number of carbonyl (C=O) groups is 2.